The number of carbonyl (C=O) groups excluding carboxylic acids is 3. The number of rotatable bonds is 40. The molecule has 0 aromatic carbocycles. The Balaban J connectivity index is 3.19. The molecular weight excluding hydrogens is 652 g/mol. The van der Waals surface area contributed by atoms with Crippen molar-refractivity contribution < 1.29 is 71.2 Å². The van der Waals surface area contributed by atoms with Gasteiger partial charge in [-0.1, -0.05) is 0 Å². The second-order valence-corrected chi connectivity index (χ2v) is 10.2. The average molecular weight is 715 g/mol. The summed E-state index contributed by atoms with van der Waals surface area (Å²) in [6.45, 7) is 13.9. The molecule has 2 amide bonds. The first kappa shape index (κ1) is 47.1. The SMILES string of the molecule is COCCOCCOCCOCCOCCOCCOCCOCCOCCOCCOCCOCCC(=O)N[C@@H](C)C(=O)N[C@@H](C)C=O. The van der Waals surface area contributed by atoms with Crippen LogP contribution in [0.4, 0.5) is 0 Å². The molecule has 2 N–H and O–H groups in total. The molecule has 290 valence electrons. The first-order valence-electron chi connectivity index (χ1n) is 16.9. The molecule has 0 aliphatic heterocycles. The van der Waals surface area contributed by atoms with E-state index in [1.165, 1.54) is 0 Å². The Morgan fingerprint density at radius 3 is 0.980 bits per heavy atom. The predicted octanol–water partition coefficient (Wildman–Crippen LogP) is -0.586. The minimum absolute atomic E-state index is 0.111. The monoisotopic (exact) mass is 714 g/mol. The maximum atomic E-state index is 11.9. The van der Waals surface area contributed by atoms with E-state index in [1.54, 1.807) is 21.0 Å². The normalized spacial score (nSPS) is 12.6. The number of ether oxygens (including phenoxy) is 12. The summed E-state index contributed by atoms with van der Waals surface area (Å²) < 4.78 is 64.5. The summed E-state index contributed by atoms with van der Waals surface area (Å²) in [6.07, 6.45) is 0.727. The van der Waals surface area contributed by atoms with Crippen LogP contribution < -0.4 is 10.6 Å². The van der Waals surface area contributed by atoms with Gasteiger partial charge in [0.05, 0.1) is 158 Å². The molecule has 0 aliphatic rings. The molecule has 0 aromatic heterocycles. The summed E-state index contributed by atoms with van der Waals surface area (Å²) in [7, 11) is 1.64. The van der Waals surface area contributed by atoms with Gasteiger partial charge in [0.25, 0.3) is 0 Å². The first-order valence-corrected chi connectivity index (χ1v) is 16.9. The lowest BCUT2D eigenvalue weighted by Gasteiger charge is -2.15. The van der Waals surface area contributed by atoms with Gasteiger partial charge in [-0.25, -0.2) is 0 Å². The van der Waals surface area contributed by atoms with Crippen LogP contribution in [0.2, 0.25) is 0 Å². The van der Waals surface area contributed by atoms with E-state index in [9.17, 15) is 14.4 Å². The highest BCUT2D eigenvalue weighted by Crippen LogP contribution is 1.91. The fraction of sp³-hybridized carbons (Fsp3) is 0.906. The summed E-state index contributed by atoms with van der Waals surface area (Å²) in [4.78, 5) is 34.3. The summed E-state index contributed by atoms with van der Waals surface area (Å²) in [5, 5.41) is 5.03. The molecule has 0 spiro atoms. The second-order valence-electron chi connectivity index (χ2n) is 10.2. The van der Waals surface area contributed by atoms with E-state index in [2.05, 4.69) is 10.6 Å². The number of hydrogen-bond acceptors (Lipinski definition) is 15. The number of methoxy groups -OCH3 is 1. The Morgan fingerprint density at radius 1 is 0.449 bits per heavy atom. The number of amides is 2. The molecule has 49 heavy (non-hydrogen) atoms. The van der Waals surface area contributed by atoms with Crippen LogP contribution in [0.1, 0.15) is 20.3 Å². The molecule has 0 heterocycles. The Kier molecular flexibility index (Phi) is 37.4. The van der Waals surface area contributed by atoms with Crippen LogP contribution in [0.3, 0.4) is 0 Å². The van der Waals surface area contributed by atoms with Gasteiger partial charge in [-0.15, -0.1) is 0 Å². The first-order chi connectivity index (χ1) is 24.0. The van der Waals surface area contributed by atoms with Crippen LogP contribution in [0.15, 0.2) is 0 Å². The van der Waals surface area contributed by atoms with Gasteiger partial charge in [-0.3, -0.25) is 9.59 Å². The molecule has 17 heteroatoms. The molecule has 0 rings (SSSR count). The molecule has 0 aromatic rings. The van der Waals surface area contributed by atoms with Crippen molar-refractivity contribution in [3.8, 4) is 0 Å². The Labute approximate surface area is 291 Å². The lowest BCUT2D eigenvalue weighted by atomic mass is 10.2. The lowest BCUT2D eigenvalue weighted by molar-refractivity contribution is -0.130. The maximum Gasteiger partial charge on any atom is 0.242 e. The van der Waals surface area contributed by atoms with Crippen molar-refractivity contribution >= 4 is 18.1 Å². The maximum absolute atomic E-state index is 11.9. The third kappa shape index (κ3) is 37.2. The topological polar surface area (TPSA) is 186 Å². The zero-order valence-corrected chi connectivity index (χ0v) is 29.8. The fourth-order valence-electron chi connectivity index (χ4n) is 3.37. The van der Waals surface area contributed by atoms with Gasteiger partial charge in [0.1, 0.15) is 12.3 Å². The van der Waals surface area contributed by atoms with Gasteiger partial charge in [0.15, 0.2) is 0 Å². The third-order valence-corrected chi connectivity index (χ3v) is 5.97. The van der Waals surface area contributed by atoms with Crippen molar-refractivity contribution in [2.75, 3.05) is 159 Å². The highest BCUT2D eigenvalue weighted by Gasteiger charge is 2.16. The van der Waals surface area contributed by atoms with E-state index in [0.29, 0.717) is 152 Å². The van der Waals surface area contributed by atoms with E-state index < -0.39 is 18.0 Å². The summed E-state index contributed by atoms with van der Waals surface area (Å²) in [6, 6.07) is -1.35. The van der Waals surface area contributed by atoms with Crippen molar-refractivity contribution in [3.05, 3.63) is 0 Å². The zero-order valence-electron chi connectivity index (χ0n) is 29.8. The van der Waals surface area contributed by atoms with Crippen LogP contribution >= 0.6 is 0 Å². The van der Waals surface area contributed by atoms with Gasteiger partial charge in [0.2, 0.25) is 11.8 Å². The van der Waals surface area contributed by atoms with E-state index in [1.807, 2.05) is 0 Å². The molecule has 0 saturated carbocycles. The molecule has 17 nitrogen and oxygen atoms in total. The van der Waals surface area contributed by atoms with E-state index in [-0.39, 0.29) is 18.9 Å². The van der Waals surface area contributed by atoms with Crippen molar-refractivity contribution in [1.82, 2.24) is 10.6 Å². The van der Waals surface area contributed by atoms with Crippen molar-refractivity contribution in [3.63, 3.8) is 0 Å². The molecule has 2 atom stereocenters. The van der Waals surface area contributed by atoms with E-state index >= 15 is 0 Å². The Hall–Kier alpha value is -1.87. The predicted molar refractivity (Wildman–Crippen MR) is 177 cm³/mol. The zero-order chi connectivity index (χ0) is 35.9. The van der Waals surface area contributed by atoms with Gasteiger partial charge < -0.3 is 72.3 Å². The van der Waals surface area contributed by atoms with Crippen LogP contribution in [0.25, 0.3) is 0 Å². The smallest absolute Gasteiger partial charge is 0.242 e. The second kappa shape index (κ2) is 38.9. The van der Waals surface area contributed by atoms with E-state index in [0.717, 1.165) is 0 Å². The van der Waals surface area contributed by atoms with Crippen LogP contribution in [-0.4, -0.2) is 189 Å². The fourth-order valence-corrected chi connectivity index (χ4v) is 3.37. The van der Waals surface area contributed by atoms with Gasteiger partial charge in [0, 0.05) is 13.5 Å². The molecule has 0 aliphatic carbocycles. The Morgan fingerprint density at radius 2 is 0.714 bits per heavy atom. The number of hydrogen-bond donors (Lipinski definition) is 2. The lowest BCUT2D eigenvalue weighted by Crippen LogP contribution is -2.47. The average Bonchev–Trinajstić information content (AvgIpc) is 3.09. The van der Waals surface area contributed by atoms with Gasteiger partial charge in [-0.05, 0) is 13.8 Å². The largest absolute Gasteiger partial charge is 0.382 e. The number of aldehydes is 1. The van der Waals surface area contributed by atoms with Crippen LogP contribution in [0, 0.1) is 0 Å². The van der Waals surface area contributed by atoms with Crippen molar-refractivity contribution in [2.24, 2.45) is 0 Å². The molecule has 0 fully saturated rings. The molecule has 0 bridgehead atoms. The highest BCUT2D eigenvalue weighted by molar-refractivity contribution is 5.88. The minimum atomic E-state index is -0.740. The number of carbonyl (C=O) groups is 3. The van der Waals surface area contributed by atoms with Crippen LogP contribution in [-0.2, 0) is 71.2 Å². The molecule has 0 unspecified atom stereocenters. The Bertz CT molecular complexity index is 739. The molecule has 0 saturated heterocycles. The summed E-state index contributed by atoms with van der Waals surface area (Å²) in [5.41, 5.74) is 0. The van der Waals surface area contributed by atoms with Crippen molar-refractivity contribution in [1.29, 1.82) is 0 Å². The third-order valence-electron chi connectivity index (χ3n) is 5.97. The van der Waals surface area contributed by atoms with Gasteiger partial charge >= 0.3 is 0 Å². The van der Waals surface area contributed by atoms with Crippen molar-refractivity contribution in [2.45, 2.75) is 32.4 Å². The molecular formula is C32H62N2O15. The van der Waals surface area contributed by atoms with Gasteiger partial charge in [-0.2, -0.15) is 0 Å². The van der Waals surface area contributed by atoms with Crippen LogP contribution in [0.5, 0.6) is 0 Å². The minimum Gasteiger partial charge on any atom is -0.382 e. The standard InChI is InChI=1S/C32H62N2O15/c1-29(28-35)33-32(37)30(2)34-31(36)4-5-39-8-9-41-12-13-43-16-17-45-20-21-47-24-25-49-27-26-48-23-22-46-19-18-44-15-14-42-11-10-40-7-6-38-3/h28-30H,4-27H2,1-3H3,(H,33,37)(H,34,36)/t29-,30-/m0/s1. The number of nitrogens with one attached hydrogen (secondary N) is 2. The summed E-state index contributed by atoms with van der Waals surface area (Å²) >= 11 is 0. The highest BCUT2D eigenvalue weighted by atomic mass is 16.6. The summed E-state index contributed by atoms with van der Waals surface area (Å²) in [5.74, 6) is -0.739. The van der Waals surface area contributed by atoms with E-state index in [4.69, 9.17) is 56.8 Å². The molecule has 0 radical (unpaired) electrons. The quantitative estimate of drug-likeness (QED) is 0.0606.